The van der Waals surface area contributed by atoms with Crippen molar-refractivity contribution < 1.29 is 0 Å². The first-order valence-corrected chi connectivity index (χ1v) is 7.60. The topological polar surface area (TPSA) is 21.8 Å². The van der Waals surface area contributed by atoms with Gasteiger partial charge in [0.2, 0.25) is 0 Å². The van der Waals surface area contributed by atoms with Gasteiger partial charge in [-0.3, -0.25) is 0 Å². The summed E-state index contributed by atoms with van der Waals surface area (Å²) in [6, 6.07) is 0. The molecule has 0 radical (unpaired) electrons. The van der Waals surface area contributed by atoms with Gasteiger partial charge in [-0.05, 0) is 39.8 Å². The molecule has 1 aliphatic rings. The zero-order chi connectivity index (χ0) is 13.8. The average molecular weight is 258 g/mol. The molecule has 4 heteroatoms. The third-order valence-corrected chi connectivity index (χ3v) is 2.87. The molecule has 1 N–H and O–H groups in total. The Bertz CT molecular complexity index is 157. The number of hydrazine groups is 2. The van der Waals surface area contributed by atoms with Gasteiger partial charge >= 0.3 is 0 Å². The van der Waals surface area contributed by atoms with Gasteiger partial charge in [-0.15, -0.1) is 0 Å². The van der Waals surface area contributed by atoms with Crippen LogP contribution < -0.4 is 5.32 Å². The highest BCUT2D eigenvalue weighted by atomic mass is 15.9. The summed E-state index contributed by atoms with van der Waals surface area (Å²) in [5.41, 5.74) is 0. The largest absolute Gasteiger partial charge is 0.323 e. The van der Waals surface area contributed by atoms with Gasteiger partial charge in [0, 0.05) is 32.7 Å². The van der Waals surface area contributed by atoms with E-state index in [9.17, 15) is 0 Å². The molecule has 0 atom stereocenters. The van der Waals surface area contributed by atoms with Crippen molar-refractivity contribution in [2.45, 2.75) is 46.5 Å². The summed E-state index contributed by atoms with van der Waals surface area (Å²) in [5, 5.41) is 10.3. The highest BCUT2D eigenvalue weighted by Gasteiger charge is 2.24. The summed E-state index contributed by atoms with van der Waals surface area (Å²) in [5.74, 6) is 0. The van der Waals surface area contributed by atoms with E-state index in [2.05, 4.69) is 41.2 Å². The number of nitrogens with one attached hydrogen (secondary N) is 1. The second kappa shape index (κ2) is 11.9. The van der Waals surface area contributed by atoms with Crippen LogP contribution in [0.3, 0.4) is 0 Å². The van der Waals surface area contributed by atoms with E-state index in [1.165, 1.54) is 58.4 Å². The quantitative estimate of drug-likeness (QED) is 0.788. The standard InChI is InChI=1S/C12H27N3.C2H7N/c1-4-8-13-11-7-12-14(9-5-2)15(13)10-6-3;1-3-2/h4-12H2,1-3H3;3H,1-2H3. The van der Waals surface area contributed by atoms with E-state index in [0.717, 1.165) is 0 Å². The lowest BCUT2D eigenvalue weighted by Gasteiger charge is -2.46. The van der Waals surface area contributed by atoms with Crippen LogP contribution in [0, 0.1) is 0 Å². The van der Waals surface area contributed by atoms with Gasteiger partial charge in [0.1, 0.15) is 0 Å². The summed E-state index contributed by atoms with van der Waals surface area (Å²) < 4.78 is 0. The smallest absolute Gasteiger partial charge is 0.0290 e. The first-order chi connectivity index (χ1) is 8.74. The number of nitrogens with zero attached hydrogens (tertiary/aromatic N) is 3. The van der Waals surface area contributed by atoms with Crippen molar-refractivity contribution in [3.8, 4) is 0 Å². The summed E-state index contributed by atoms with van der Waals surface area (Å²) in [7, 11) is 3.75. The van der Waals surface area contributed by atoms with Crippen LogP contribution in [0.5, 0.6) is 0 Å². The highest BCUT2D eigenvalue weighted by Crippen LogP contribution is 2.14. The lowest BCUT2D eigenvalue weighted by atomic mass is 10.3. The van der Waals surface area contributed by atoms with Crippen molar-refractivity contribution in [1.82, 2.24) is 20.5 Å². The molecule has 0 aromatic heterocycles. The van der Waals surface area contributed by atoms with Gasteiger partial charge < -0.3 is 5.32 Å². The number of rotatable bonds is 6. The number of hydrogen-bond donors (Lipinski definition) is 1. The molecule has 1 rings (SSSR count). The fourth-order valence-electron chi connectivity index (χ4n) is 2.30. The molecule has 0 spiro atoms. The summed E-state index contributed by atoms with van der Waals surface area (Å²) in [6.07, 6.45) is 5.06. The van der Waals surface area contributed by atoms with E-state index >= 15 is 0 Å². The Balaban J connectivity index is 0.000000873. The molecule has 1 aliphatic heterocycles. The lowest BCUT2D eigenvalue weighted by molar-refractivity contribution is -0.210. The van der Waals surface area contributed by atoms with Gasteiger partial charge in [-0.25, -0.2) is 10.0 Å². The van der Waals surface area contributed by atoms with Crippen molar-refractivity contribution in [3.63, 3.8) is 0 Å². The molecule has 1 saturated heterocycles. The predicted molar refractivity (Wildman–Crippen MR) is 80.3 cm³/mol. The van der Waals surface area contributed by atoms with Crippen LogP contribution in [-0.2, 0) is 0 Å². The maximum Gasteiger partial charge on any atom is 0.0290 e. The van der Waals surface area contributed by atoms with Crippen LogP contribution in [0.1, 0.15) is 46.5 Å². The van der Waals surface area contributed by atoms with Gasteiger partial charge in [0.15, 0.2) is 0 Å². The van der Waals surface area contributed by atoms with E-state index in [4.69, 9.17) is 0 Å². The van der Waals surface area contributed by atoms with Crippen molar-refractivity contribution in [2.24, 2.45) is 0 Å². The molecule has 18 heavy (non-hydrogen) atoms. The third kappa shape index (κ3) is 6.69. The van der Waals surface area contributed by atoms with E-state index in [1.54, 1.807) is 0 Å². The molecule has 4 nitrogen and oxygen atoms in total. The fraction of sp³-hybridized carbons (Fsp3) is 1.00. The van der Waals surface area contributed by atoms with Gasteiger partial charge in [-0.1, -0.05) is 20.8 Å². The molecular formula is C14H34N4. The molecule has 0 aliphatic carbocycles. The Labute approximate surface area is 114 Å². The SMILES string of the molecule is CCCN1CCCN(CCC)N1CCC.CNC. The van der Waals surface area contributed by atoms with Crippen LogP contribution in [0.2, 0.25) is 0 Å². The zero-order valence-electron chi connectivity index (χ0n) is 13.2. The second-order valence-electron chi connectivity index (χ2n) is 4.86. The highest BCUT2D eigenvalue weighted by molar-refractivity contribution is 4.65. The maximum absolute atomic E-state index is 2.75. The van der Waals surface area contributed by atoms with Crippen molar-refractivity contribution in [1.29, 1.82) is 0 Å². The van der Waals surface area contributed by atoms with Crippen LogP contribution in [0.15, 0.2) is 0 Å². The minimum atomic E-state index is 1.18. The fourth-order valence-corrected chi connectivity index (χ4v) is 2.30. The molecule has 110 valence electrons. The Kier molecular flexibility index (Phi) is 11.8. The van der Waals surface area contributed by atoms with Gasteiger partial charge in [-0.2, -0.15) is 5.12 Å². The summed E-state index contributed by atoms with van der Waals surface area (Å²) >= 11 is 0. The molecule has 0 aromatic rings. The molecule has 0 amide bonds. The Morgan fingerprint density at radius 1 is 0.778 bits per heavy atom. The van der Waals surface area contributed by atoms with Gasteiger partial charge in [0.25, 0.3) is 0 Å². The first-order valence-electron chi connectivity index (χ1n) is 7.60. The first kappa shape index (κ1) is 17.8. The molecule has 0 saturated carbocycles. The second-order valence-corrected chi connectivity index (χ2v) is 4.86. The molecular weight excluding hydrogens is 224 g/mol. The zero-order valence-corrected chi connectivity index (χ0v) is 13.2. The van der Waals surface area contributed by atoms with Gasteiger partial charge in [0.05, 0.1) is 0 Å². The van der Waals surface area contributed by atoms with Crippen LogP contribution in [0.4, 0.5) is 0 Å². The summed E-state index contributed by atoms with van der Waals surface area (Å²) in [4.78, 5) is 0. The lowest BCUT2D eigenvalue weighted by Crippen LogP contribution is -2.58. The van der Waals surface area contributed by atoms with Crippen LogP contribution in [0.25, 0.3) is 0 Å². The Morgan fingerprint density at radius 3 is 1.50 bits per heavy atom. The van der Waals surface area contributed by atoms with E-state index in [0.29, 0.717) is 0 Å². The van der Waals surface area contributed by atoms with Crippen molar-refractivity contribution >= 4 is 0 Å². The molecule has 0 aromatic carbocycles. The van der Waals surface area contributed by atoms with Crippen molar-refractivity contribution in [2.75, 3.05) is 46.8 Å². The molecule has 0 unspecified atom stereocenters. The Morgan fingerprint density at radius 2 is 1.17 bits per heavy atom. The maximum atomic E-state index is 2.75. The van der Waals surface area contributed by atoms with E-state index in [-0.39, 0.29) is 0 Å². The summed E-state index contributed by atoms with van der Waals surface area (Å²) in [6.45, 7) is 12.9. The minimum Gasteiger partial charge on any atom is -0.323 e. The third-order valence-electron chi connectivity index (χ3n) is 2.87. The normalized spacial score (nSPS) is 18.5. The van der Waals surface area contributed by atoms with Crippen LogP contribution in [-0.4, -0.2) is 62.0 Å². The Hall–Kier alpha value is -0.160. The molecule has 1 fully saturated rings. The average Bonchev–Trinajstić information content (AvgIpc) is 2.35. The number of hydrogen-bond acceptors (Lipinski definition) is 4. The van der Waals surface area contributed by atoms with Crippen molar-refractivity contribution in [3.05, 3.63) is 0 Å². The van der Waals surface area contributed by atoms with E-state index in [1.807, 2.05) is 14.1 Å². The molecule has 0 bridgehead atoms. The monoisotopic (exact) mass is 258 g/mol. The minimum absolute atomic E-state index is 1.18. The molecule has 1 heterocycles. The predicted octanol–water partition coefficient (Wildman–Crippen LogP) is 2.19. The van der Waals surface area contributed by atoms with Crippen LogP contribution >= 0.6 is 0 Å². The van der Waals surface area contributed by atoms with E-state index < -0.39 is 0 Å².